The molecule has 0 amide bonds. The highest BCUT2D eigenvalue weighted by molar-refractivity contribution is 7.85. The van der Waals surface area contributed by atoms with Crippen molar-refractivity contribution in [1.82, 2.24) is 5.32 Å². The molecule has 5 unspecified atom stereocenters. The van der Waals surface area contributed by atoms with Crippen LogP contribution >= 0.6 is 0 Å². The van der Waals surface area contributed by atoms with Crippen LogP contribution < -0.4 is 5.32 Å². The second-order valence-electron chi connectivity index (χ2n) is 5.94. The number of nitrogens with one attached hydrogen (secondary N) is 1. The van der Waals surface area contributed by atoms with Gasteiger partial charge in [0, 0.05) is 10.9 Å². The molecule has 0 spiro atoms. The number of rotatable bonds is 4. The van der Waals surface area contributed by atoms with E-state index in [2.05, 4.69) is 26.1 Å². The number of hydrogen-bond donors (Lipinski definition) is 1. The maximum absolute atomic E-state index is 13.3. The summed E-state index contributed by atoms with van der Waals surface area (Å²) >= 11 is 0. The van der Waals surface area contributed by atoms with Crippen LogP contribution in [0.4, 0.5) is 4.39 Å². The summed E-state index contributed by atoms with van der Waals surface area (Å²) < 4.78 is 26.2. The molecular formula is C16H24FNOS. The Balaban J connectivity index is 2.24. The van der Waals surface area contributed by atoms with Crippen LogP contribution in [0.15, 0.2) is 29.2 Å². The van der Waals surface area contributed by atoms with Crippen LogP contribution in [0.1, 0.15) is 33.6 Å². The molecule has 0 radical (unpaired) electrons. The quantitative estimate of drug-likeness (QED) is 0.923. The molecule has 20 heavy (non-hydrogen) atoms. The molecule has 1 aliphatic carbocycles. The van der Waals surface area contributed by atoms with Crippen molar-refractivity contribution < 1.29 is 8.60 Å². The molecule has 112 valence electrons. The molecule has 0 saturated heterocycles. The van der Waals surface area contributed by atoms with Gasteiger partial charge in [0.1, 0.15) is 5.82 Å². The molecule has 5 atom stereocenters. The van der Waals surface area contributed by atoms with Gasteiger partial charge in [-0.2, -0.15) is 0 Å². The molecule has 1 saturated carbocycles. The molecule has 0 heterocycles. The van der Waals surface area contributed by atoms with E-state index in [1.54, 1.807) is 12.1 Å². The van der Waals surface area contributed by atoms with Crippen molar-refractivity contribution in [2.45, 2.75) is 49.8 Å². The summed E-state index contributed by atoms with van der Waals surface area (Å²) in [5, 5.41) is 3.54. The topological polar surface area (TPSA) is 29.1 Å². The Kier molecular flexibility index (Phi) is 5.33. The first-order chi connectivity index (χ1) is 9.52. The van der Waals surface area contributed by atoms with Crippen LogP contribution in [0.25, 0.3) is 0 Å². The van der Waals surface area contributed by atoms with Crippen molar-refractivity contribution >= 4 is 10.8 Å². The lowest BCUT2D eigenvalue weighted by atomic mass is 9.80. The van der Waals surface area contributed by atoms with Crippen molar-refractivity contribution in [3.63, 3.8) is 0 Å². The minimum atomic E-state index is -1.16. The zero-order valence-corrected chi connectivity index (χ0v) is 13.3. The van der Waals surface area contributed by atoms with Gasteiger partial charge in [-0.3, -0.25) is 4.21 Å². The Morgan fingerprint density at radius 3 is 2.75 bits per heavy atom. The molecule has 4 heteroatoms. The van der Waals surface area contributed by atoms with Gasteiger partial charge in [-0.05, 0) is 49.4 Å². The Labute approximate surface area is 123 Å². The van der Waals surface area contributed by atoms with Gasteiger partial charge < -0.3 is 5.32 Å². The first-order valence-corrected chi connectivity index (χ1v) is 8.63. The summed E-state index contributed by atoms with van der Waals surface area (Å²) in [7, 11) is -1.16. The Hall–Kier alpha value is -0.740. The molecule has 2 nitrogen and oxygen atoms in total. The molecule has 1 fully saturated rings. The molecule has 1 aromatic rings. The van der Waals surface area contributed by atoms with Crippen molar-refractivity contribution in [3.05, 3.63) is 30.1 Å². The van der Waals surface area contributed by atoms with Crippen molar-refractivity contribution in [2.24, 2.45) is 11.8 Å². The third-order valence-electron chi connectivity index (χ3n) is 4.13. The summed E-state index contributed by atoms with van der Waals surface area (Å²) in [6, 6.07) is 6.47. The molecule has 0 bridgehead atoms. The summed E-state index contributed by atoms with van der Waals surface area (Å²) in [6.45, 7) is 7.37. The van der Waals surface area contributed by atoms with E-state index in [-0.39, 0.29) is 17.1 Å². The third kappa shape index (κ3) is 3.47. The van der Waals surface area contributed by atoms with Crippen molar-refractivity contribution in [1.29, 1.82) is 0 Å². The average molecular weight is 297 g/mol. The summed E-state index contributed by atoms with van der Waals surface area (Å²) in [6.07, 6.45) is 2.14. The van der Waals surface area contributed by atoms with E-state index >= 15 is 0 Å². The lowest BCUT2D eigenvalue weighted by Crippen LogP contribution is -2.50. The average Bonchev–Trinajstić information content (AvgIpc) is 2.38. The van der Waals surface area contributed by atoms with E-state index in [1.165, 1.54) is 12.1 Å². The standard InChI is InChI=1S/C16H24FNOS/c1-4-18-15-9-11(2)8-12(3)16(15)20(19)14-7-5-6-13(17)10-14/h5-7,10-12,15-16,18H,4,8-9H2,1-3H3. The lowest BCUT2D eigenvalue weighted by Gasteiger charge is -2.39. The molecule has 1 N–H and O–H groups in total. The Bertz CT molecular complexity index is 479. The molecule has 1 aliphatic rings. The van der Waals surface area contributed by atoms with Crippen molar-refractivity contribution in [3.8, 4) is 0 Å². The van der Waals surface area contributed by atoms with E-state index in [9.17, 15) is 8.60 Å². The van der Waals surface area contributed by atoms with E-state index < -0.39 is 10.8 Å². The molecule has 1 aromatic carbocycles. The maximum atomic E-state index is 13.3. The fraction of sp³-hybridized carbons (Fsp3) is 0.625. The smallest absolute Gasteiger partial charge is 0.124 e. The van der Waals surface area contributed by atoms with Gasteiger partial charge >= 0.3 is 0 Å². The van der Waals surface area contributed by atoms with Gasteiger partial charge in [-0.25, -0.2) is 4.39 Å². The number of hydrogen-bond acceptors (Lipinski definition) is 2. The summed E-state index contributed by atoms with van der Waals surface area (Å²) in [5.41, 5.74) is 0. The second kappa shape index (κ2) is 6.81. The normalized spacial score (nSPS) is 32.0. The van der Waals surface area contributed by atoms with Crippen LogP contribution in [0.3, 0.4) is 0 Å². The van der Waals surface area contributed by atoms with Gasteiger partial charge in [0.05, 0.1) is 16.0 Å². The minimum Gasteiger partial charge on any atom is -0.313 e. The van der Waals surface area contributed by atoms with Crippen LogP contribution in [0, 0.1) is 17.7 Å². The van der Waals surface area contributed by atoms with Crippen LogP contribution in [-0.2, 0) is 10.8 Å². The molecule has 0 aliphatic heterocycles. The van der Waals surface area contributed by atoms with Gasteiger partial charge in [0.2, 0.25) is 0 Å². The monoisotopic (exact) mass is 297 g/mol. The Morgan fingerprint density at radius 1 is 1.35 bits per heavy atom. The zero-order valence-electron chi connectivity index (χ0n) is 12.4. The first-order valence-electron chi connectivity index (χ1n) is 7.42. The van der Waals surface area contributed by atoms with Crippen LogP contribution in [-0.4, -0.2) is 22.0 Å². The van der Waals surface area contributed by atoms with Crippen LogP contribution in [0.2, 0.25) is 0 Å². The molecular weight excluding hydrogens is 273 g/mol. The SMILES string of the molecule is CCNC1CC(C)CC(C)C1S(=O)c1cccc(F)c1. The fourth-order valence-corrected chi connectivity index (χ4v) is 5.19. The highest BCUT2D eigenvalue weighted by Crippen LogP contribution is 2.34. The first kappa shape index (κ1) is 15.6. The van der Waals surface area contributed by atoms with E-state index in [1.807, 2.05) is 0 Å². The van der Waals surface area contributed by atoms with Gasteiger partial charge in [-0.1, -0.05) is 26.8 Å². The Morgan fingerprint density at radius 2 is 2.10 bits per heavy atom. The van der Waals surface area contributed by atoms with E-state index in [4.69, 9.17) is 0 Å². The van der Waals surface area contributed by atoms with Gasteiger partial charge in [0.15, 0.2) is 0 Å². The predicted molar refractivity (Wildman–Crippen MR) is 81.6 cm³/mol. The predicted octanol–water partition coefficient (Wildman–Crippen LogP) is 3.35. The number of benzene rings is 1. The fourth-order valence-electron chi connectivity index (χ4n) is 3.40. The third-order valence-corrected chi connectivity index (χ3v) is 6.14. The molecule has 2 rings (SSSR count). The highest BCUT2D eigenvalue weighted by Gasteiger charge is 2.37. The van der Waals surface area contributed by atoms with Crippen LogP contribution in [0.5, 0.6) is 0 Å². The number of halogens is 1. The lowest BCUT2D eigenvalue weighted by molar-refractivity contribution is 0.248. The van der Waals surface area contributed by atoms with Gasteiger partial charge in [-0.15, -0.1) is 0 Å². The highest BCUT2D eigenvalue weighted by atomic mass is 32.2. The molecule has 0 aromatic heterocycles. The zero-order chi connectivity index (χ0) is 14.7. The van der Waals surface area contributed by atoms with E-state index in [0.29, 0.717) is 16.7 Å². The maximum Gasteiger partial charge on any atom is 0.124 e. The van der Waals surface area contributed by atoms with E-state index in [0.717, 1.165) is 19.4 Å². The minimum absolute atomic E-state index is 0.0629. The summed E-state index contributed by atoms with van der Waals surface area (Å²) in [5.74, 6) is 0.717. The van der Waals surface area contributed by atoms with Gasteiger partial charge in [0.25, 0.3) is 0 Å². The second-order valence-corrected chi connectivity index (χ2v) is 7.55. The summed E-state index contributed by atoms with van der Waals surface area (Å²) in [4.78, 5) is 0.610. The van der Waals surface area contributed by atoms with Crippen molar-refractivity contribution in [2.75, 3.05) is 6.54 Å². The largest absolute Gasteiger partial charge is 0.313 e.